The number of hydrogen-bond donors (Lipinski definition) is 1. The average molecular weight is 209 g/mol. The van der Waals surface area contributed by atoms with Crippen molar-refractivity contribution in [1.29, 1.82) is 0 Å². The molecular weight excluding hydrogens is 182 g/mol. The fraction of sp³-hybridized carbons (Fsp3) is 0.857. The molecule has 88 valence electrons. The van der Waals surface area contributed by atoms with Crippen LogP contribution < -0.4 is 5.32 Å². The molecule has 0 saturated carbocycles. The van der Waals surface area contributed by atoms with E-state index in [1.807, 2.05) is 0 Å². The van der Waals surface area contributed by atoms with Crippen LogP contribution in [0.1, 0.15) is 59.8 Å². The Bertz CT molecular complexity index is 188. The highest BCUT2D eigenvalue weighted by Gasteiger charge is 2.17. The molecule has 0 aliphatic heterocycles. The molecule has 0 aromatic heterocycles. The van der Waals surface area contributed by atoms with E-state index in [2.05, 4.69) is 38.9 Å². The second-order valence-electron chi connectivity index (χ2n) is 5.13. The van der Waals surface area contributed by atoms with Gasteiger partial charge < -0.3 is 5.32 Å². The number of nitrogens with one attached hydrogen (secondary N) is 1. The van der Waals surface area contributed by atoms with Crippen LogP contribution in [-0.4, -0.2) is 12.6 Å². The van der Waals surface area contributed by atoms with Crippen LogP contribution in [0.15, 0.2) is 0 Å². The van der Waals surface area contributed by atoms with Crippen LogP contribution in [0, 0.1) is 17.8 Å². The van der Waals surface area contributed by atoms with E-state index in [0.29, 0.717) is 5.41 Å². The number of hydrogen-bond acceptors (Lipinski definition) is 1. The molecule has 0 bridgehead atoms. The molecular formula is C14H27N. The average Bonchev–Trinajstić information content (AvgIpc) is 2.19. The monoisotopic (exact) mass is 209 g/mol. The van der Waals surface area contributed by atoms with E-state index < -0.39 is 0 Å². The van der Waals surface area contributed by atoms with E-state index in [4.69, 9.17) is 6.42 Å². The first-order chi connectivity index (χ1) is 7.05. The highest BCUT2D eigenvalue weighted by Crippen LogP contribution is 2.22. The molecule has 0 spiro atoms. The van der Waals surface area contributed by atoms with Crippen molar-refractivity contribution in [3.63, 3.8) is 0 Å². The van der Waals surface area contributed by atoms with Gasteiger partial charge in [0, 0.05) is 6.54 Å². The minimum atomic E-state index is 0.246. The van der Waals surface area contributed by atoms with Crippen LogP contribution in [0.4, 0.5) is 0 Å². The first kappa shape index (κ1) is 14.5. The lowest BCUT2D eigenvalue weighted by atomic mass is 9.86. The van der Waals surface area contributed by atoms with E-state index in [9.17, 15) is 0 Å². The van der Waals surface area contributed by atoms with Gasteiger partial charge >= 0.3 is 0 Å². The fourth-order valence-electron chi connectivity index (χ4n) is 1.66. The molecule has 0 heterocycles. The third-order valence-electron chi connectivity index (χ3n) is 2.89. The van der Waals surface area contributed by atoms with Gasteiger partial charge in [-0.15, -0.1) is 6.42 Å². The Labute approximate surface area is 96.0 Å². The summed E-state index contributed by atoms with van der Waals surface area (Å²) in [6.45, 7) is 10.0. The fourth-order valence-corrected chi connectivity index (χ4v) is 1.66. The minimum Gasteiger partial charge on any atom is -0.303 e. The Morgan fingerprint density at radius 1 is 1.27 bits per heavy atom. The summed E-state index contributed by atoms with van der Waals surface area (Å²) in [6.07, 6.45) is 11.7. The molecule has 1 heteroatoms. The van der Waals surface area contributed by atoms with Crippen LogP contribution in [0.5, 0.6) is 0 Å². The lowest BCUT2D eigenvalue weighted by molar-refractivity contribution is 0.295. The zero-order valence-electron chi connectivity index (χ0n) is 10.9. The van der Waals surface area contributed by atoms with Crippen molar-refractivity contribution in [3.05, 3.63) is 0 Å². The van der Waals surface area contributed by atoms with E-state index in [1.165, 1.54) is 25.7 Å². The molecule has 1 atom stereocenters. The normalized spacial score (nSPS) is 13.5. The molecule has 1 N–H and O–H groups in total. The van der Waals surface area contributed by atoms with Gasteiger partial charge in [0.05, 0.1) is 6.04 Å². The number of rotatable bonds is 8. The Morgan fingerprint density at radius 2 is 1.93 bits per heavy atom. The van der Waals surface area contributed by atoms with Crippen LogP contribution in [0.25, 0.3) is 0 Å². The Hall–Kier alpha value is -0.480. The van der Waals surface area contributed by atoms with Crippen molar-refractivity contribution in [2.75, 3.05) is 6.54 Å². The molecule has 1 unspecified atom stereocenters. The van der Waals surface area contributed by atoms with Crippen molar-refractivity contribution in [2.24, 2.45) is 5.41 Å². The maximum atomic E-state index is 5.42. The summed E-state index contributed by atoms with van der Waals surface area (Å²) >= 11 is 0. The molecule has 0 aliphatic carbocycles. The summed E-state index contributed by atoms with van der Waals surface area (Å²) in [7, 11) is 0. The summed E-state index contributed by atoms with van der Waals surface area (Å²) < 4.78 is 0. The molecule has 0 radical (unpaired) electrons. The Morgan fingerprint density at radius 3 is 2.40 bits per heavy atom. The summed E-state index contributed by atoms with van der Waals surface area (Å²) in [5.41, 5.74) is 0.374. The predicted octanol–water partition coefficient (Wildman–Crippen LogP) is 3.59. The van der Waals surface area contributed by atoms with Gasteiger partial charge in [0.2, 0.25) is 0 Å². The van der Waals surface area contributed by atoms with Crippen molar-refractivity contribution >= 4 is 0 Å². The van der Waals surface area contributed by atoms with Gasteiger partial charge in [0.25, 0.3) is 0 Å². The molecule has 0 aromatic rings. The van der Waals surface area contributed by atoms with Crippen molar-refractivity contribution in [1.82, 2.24) is 5.32 Å². The van der Waals surface area contributed by atoms with E-state index in [0.717, 1.165) is 13.0 Å². The maximum Gasteiger partial charge on any atom is 0.0684 e. The summed E-state index contributed by atoms with van der Waals surface area (Å²) in [5.74, 6) is 2.78. The van der Waals surface area contributed by atoms with Crippen molar-refractivity contribution < 1.29 is 0 Å². The zero-order valence-corrected chi connectivity index (χ0v) is 10.9. The van der Waals surface area contributed by atoms with Crippen molar-refractivity contribution in [3.8, 4) is 12.3 Å². The van der Waals surface area contributed by atoms with Gasteiger partial charge in [-0.1, -0.05) is 52.9 Å². The topological polar surface area (TPSA) is 12.0 Å². The number of terminal acetylenes is 1. The third kappa shape index (κ3) is 7.45. The molecule has 0 aliphatic rings. The van der Waals surface area contributed by atoms with Gasteiger partial charge in [-0.25, -0.2) is 0 Å². The highest BCUT2D eigenvalue weighted by molar-refractivity contribution is 4.98. The van der Waals surface area contributed by atoms with E-state index >= 15 is 0 Å². The van der Waals surface area contributed by atoms with Gasteiger partial charge in [-0.05, 0) is 18.3 Å². The minimum absolute atomic E-state index is 0.246. The molecule has 1 nitrogen and oxygen atoms in total. The van der Waals surface area contributed by atoms with Crippen LogP contribution in [0.2, 0.25) is 0 Å². The van der Waals surface area contributed by atoms with Crippen LogP contribution in [0.3, 0.4) is 0 Å². The maximum absolute atomic E-state index is 5.42. The summed E-state index contributed by atoms with van der Waals surface area (Å²) in [6, 6.07) is 0.246. The van der Waals surface area contributed by atoms with Crippen LogP contribution in [-0.2, 0) is 0 Å². The largest absolute Gasteiger partial charge is 0.303 e. The van der Waals surface area contributed by atoms with E-state index in [1.54, 1.807) is 0 Å². The molecule has 0 amide bonds. The standard InChI is InChI=1S/C14H27N/c1-6-9-10-11-14(4,5)12-15-13(7-2)8-3/h2,13,15H,6,8-12H2,1,3-5H3. The Balaban J connectivity index is 3.77. The lowest BCUT2D eigenvalue weighted by Crippen LogP contribution is -2.35. The molecule has 0 aromatic carbocycles. The summed E-state index contributed by atoms with van der Waals surface area (Å²) in [4.78, 5) is 0. The van der Waals surface area contributed by atoms with E-state index in [-0.39, 0.29) is 6.04 Å². The van der Waals surface area contributed by atoms with Gasteiger partial charge in [0.1, 0.15) is 0 Å². The molecule has 0 rings (SSSR count). The lowest BCUT2D eigenvalue weighted by Gasteiger charge is -2.26. The summed E-state index contributed by atoms with van der Waals surface area (Å²) in [5, 5.41) is 3.45. The zero-order chi connectivity index (χ0) is 11.7. The Kier molecular flexibility index (Phi) is 7.52. The highest BCUT2D eigenvalue weighted by atomic mass is 14.9. The first-order valence-corrected chi connectivity index (χ1v) is 6.25. The molecule has 0 saturated heterocycles. The van der Waals surface area contributed by atoms with Crippen LogP contribution >= 0.6 is 0 Å². The second-order valence-corrected chi connectivity index (χ2v) is 5.13. The quantitative estimate of drug-likeness (QED) is 0.476. The second kappa shape index (κ2) is 7.77. The SMILES string of the molecule is C#CC(CC)NCC(C)(C)CCCCC. The molecule has 15 heavy (non-hydrogen) atoms. The predicted molar refractivity (Wildman–Crippen MR) is 68.8 cm³/mol. The van der Waals surface area contributed by atoms with Gasteiger partial charge in [-0.3, -0.25) is 0 Å². The van der Waals surface area contributed by atoms with Gasteiger partial charge in [-0.2, -0.15) is 0 Å². The van der Waals surface area contributed by atoms with Crippen molar-refractivity contribution in [2.45, 2.75) is 65.8 Å². The number of unbranched alkanes of at least 4 members (excludes halogenated alkanes) is 2. The molecule has 0 fully saturated rings. The third-order valence-corrected chi connectivity index (χ3v) is 2.89. The smallest absolute Gasteiger partial charge is 0.0684 e. The van der Waals surface area contributed by atoms with Gasteiger partial charge in [0.15, 0.2) is 0 Å². The first-order valence-electron chi connectivity index (χ1n) is 6.25.